The van der Waals surface area contributed by atoms with Gasteiger partial charge in [0.1, 0.15) is 18.2 Å². The third-order valence-corrected chi connectivity index (χ3v) is 1.70. The van der Waals surface area contributed by atoms with Crippen molar-refractivity contribution in [3.8, 4) is 5.75 Å². The lowest BCUT2D eigenvalue weighted by atomic mass is 10.3. The van der Waals surface area contributed by atoms with E-state index < -0.39 is 0 Å². The average molecular weight is 195 g/mol. The monoisotopic (exact) mass is 195 g/mol. The van der Waals surface area contributed by atoms with Crippen molar-refractivity contribution in [3.05, 3.63) is 35.7 Å². The molecule has 0 heterocycles. The Morgan fingerprint density at radius 3 is 2.79 bits per heavy atom. The number of ether oxygens (including phenoxy) is 1. The van der Waals surface area contributed by atoms with Gasteiger partial charge in [-0.2, -0.15) is 0 Å². The van der Waals surface area contributed by atoms with Gasteiger partial charge in [-0.1, -0.05) is 5.57 Å². The number of nitrogen functional groups attached to an aromatic ring is 1. The van der Waals surface area contributed by atoms with Crippen LogP contribution in [-0.4, -0.2) is 6.61 Å². The number of allylic oxidation sites excluding steroid dienone is 1. The van der Waals surface area contributed by atoms with Gasteiger partial charge >= 0.3 is 0 Å². The van der Waals surface area contributed by atoms with Crippen LogP contribution in [-0.2, 0) is 0 Å². The highest BCUT2D eigenvalue weighted by atomic mass is 19.1. The van der Waals surface area contributed by atoms with Crippen LogP contribution in [0.3, 0.4) is 0 Å². The molecule has 0 spiro atoms. The number of halogens is 1. The summed E-state index contributed by atoms with van der Waals surface area (Å²) in [7, 11) is 0. The Morgan fingerprint density at radius 1 is 1.50 bits per heavy atom. The van der Waals surface area contributed by atoms with Crippen LogP contribution in [0.4, 0.5) is 10.1 Å². The van der Waals surface area contributed by atoms with E-state index in [1.54, 1.807) is 0 Å². The fourth-order valence-corrected chi connectivity index (χ4v) is 0.949. The number of rotatable bonds is 3. The van der Waals surface area contributed by atoms with E-state index in [4.69, 9.17) is 10.5 Å². The van der Waals surface area contributed by atoms with E-state index >= 15 is 0 Å². The van der Waals surface area contributed by atoms with Crippen LogP contribution < -0.4 is 10.5 Å². The van der Waals surface area contributed by atoms with E-state index in [2.05, 4.69) is 0 Å². The van der Waals surface area contributed by atoms with Crippen LogP contribution >= 0.6 is 0 Å². The molecular formula is C11H14FNO. The lowest BCUT2D eigenvalue weighted by molar-refractivity contribution is 0.363. The van der Waals surface area contributed by atoms with E-state index in [-0.39, 0.29) is 5.82 Å². The molecule has 0 radical (unpaired) electrons. The van der Waals surface area contributed by atoms with E-state index in [0.29, 0.717) is 18.0 Å². The van der Waals surface area contributed by atoms with Gasteiger partial charge in [0.05, 0.1) is 5.69 Å². The minimum atomic E-state index is -0.350. The zero-order valence-electron chi connectivity index (χ0n) is 8.38. The number of hydrogen-bond acceptors (Lipinski definition) is 2. The summed E-state index contributed by atoms with van der Waals surface area (Å²) in [6.07, 6.45) is 1.93. The van der Waals surface area contributed by atoms with E-state index in [9.17, 15) is 4.39 Å². The van der Waals surface area contributed by atoms with Crippen molar-refractivity contribution in [3.63, 3.8) is 0 Å². The first-order chi connectivity index (χ1) is 6.59. The summed E-state index contributed by atoms with van der Waals surface area (Å²) in [6.45, 7) is 4.42. The minimum Gasteiger partial charge on any atom is -0.487 e. The first kappa shape index (κ1) is 10.6. The molecule has 0 aliphatic heterocycles. The summed E-state index contributed by atoms with van der Waals surface area (Å²) in [4.78, 5) is 0. The fourth-order valence-electron chi connectivity index (χ4n) is 0.949. The molecule has 0 aliphatic rings. The molecule has 0 aromatic heterocycles. The molecule has 0 bridgehead atoms. The van der Waals surface area contributed by atoms with E-state index in [0.717, 1.165) is 0 Å². The van der Waals surface area contributed by atoms with Crippen molar-refractivity contribution in [1.82, 2.24) is 0 Å². The normalized spacial score (nSPS) is 9.64. The number of anilines is 1. The van der Waals surface area contributed by atoms with Crippen LogP contribution in [0.25, 0.3) is 0 Å². The predicted octanol–water partition coefficient (Wildman–Crippen LogP) is 2.75. The van der Waals surface area contributed by atoms with Gasteiger partial charge in [-0.3, -0.25) is 0 Å². The standard InChI is InChI=1S/C11H14FNO/c1-8(2)5-6-14-11-4-3-9(12)7-10(11)13/h3-5,7H,6,13H2,1-2H3. The van der Waals surface area contributed by atoms with Gasteiger partial charge in [0.2, 0.25) is 0 Å². The van der Waals surface area contributed by atoms with Crippen LogP contribution in [0.15, 0.2) is 29.8 Å². The fraction of sp³-hybridized carbons (Fsp3) is 0.273. The first-order valence-electron chi connectivity index (χ1n) is 4.41. The Labute approximate surface area is 83.2 Å². The molecule has 2 N–H and O–H groups in total. The topological polar surface area (TPSA) is 35.2 Å². The minimum absolute atomic E-state index is 0.326. The Hall–Kier alpha value is -1.51. The van der Waals surface area contributed by atoms with Gasteiger partial charge in [0.25, 0.3) is 0 Å². The molecule has 0 unspecified atom stereocenters. The Morgan fingerprint density at radius 2 is 2.21 bits per heavy atom. The van der Waals surface area contributed by atoms with Crippen molar-refractivity contribution in [2.24, 2.45) is 0 Å². The molecular weight excluding hydrogens is 181 g/mol. The van der Waals surface area contributed by atoms with Gasteiger partial charge in [-0.15, -0.1) is 0 Å². The second-order valence-electron chi connectivity index (χ2n) is 3.27. The van der Waals surface area contributed by atoms with Crippen molar-refractivity contribution in [2.45, 2.75) is 13.8 Å². The van der Waals surface area contributed by atoms with Crippen LogP contribution in [0, 0.1) is 5.82 Å². The summed E-state index contributed by atoms with van der Waals surface area (Å²) in [5.74, 6) is 0.168. The molecule has 14 heavy (non-hydrogen) atoms. The third kappa shape index (κ3) is 3.09. The Balaban J connectivity index is 2.64. The maximum Gasteiger partial charge on any atom is 0.142 e. The molecule has 76 valence electrons. The third-order valence-electron chi connectivity index (χ3n) is 1.70. The average Bonchev–Trinajstić information content (AvgIpc) is 2.08. The molecule has 0 aliphatic carbocycles. The summed E-state index contributed by atoms with van der Waals surface area (Å²) in [5.41, 5.74) is 7.05. The molecule has 1 aromatic rings. The maximum absolute atomic E-state index is 12.7. The quantitative estimate of drug-likeness (QED) is 0.594. The largest absolute Gasteiger partial charge is 0.487 e. The smallest absolute Gasteiger partial charge is 0.142 e. The molecule has 2 nitrogen and oxygen atoms in total. The summed E-state index contributed by atoms with van der Waals surface area (Å²) >= 11 is 0. The zero-order valence-corrected chi connectivity index (χ0v) is 8.38. The maximum atomic E-state index is 12.7. The van der Waals surface area contributed by atoms with Crippen LogP contribution in [0.2, 0.25) is 0 Å². The highest BCUT2D eigenvalue weighted by molar-refractivity contribution is 5.52. The lowest BCUT2D eigenvalue weighted by Gasteiger charge is -2.06. The molecule has 1 rings (SSSR count). The highest BCUT2D eigenvalue weighted by Gasteiger charge is 2.00. The van der Waals surface area contributed by atoms with Crippen molar-refractivity contribution in [2.75, 3.05) is 12.3 Å². The number of hydrogen-bond donors (Lipinski definition) is 1. The Kier molecular flexibility index (Phi) is 3.51. The van der Waals surface area contributed by atoms with Crippen molar-refractivity contribution >= 4 is 5.69 Å². The predicted molar refractivity (Wildman–Crippen MR) is 55.7 cm³/mol. The Bertz CT molecular complexity index is 343. The zero-order chi connectivity index (χ0) is 10.6. The van der Waals surface area contributed by atoms with Crippen molar-refractivity contribution in [1.29, 1.82) is 0 Å². The molecule has 0 saturated heterocycles. The molecule has 0 saturated carbocycles. The van der Waals surface area contributed by atoms with Crippen LogP contribution in [0.1, 0.15) is 13.8 Å². The second-order valence-corrected chi connectivity index (χ2v) is 3.27. The van der Waals surface area contributed by atoms with Gasteiger partial charge in [-0.05, 0) is 32.1 Å². The number of nitrogens with two attached hydrogens (primary N) is 1. The van der Waals surface area contributed by atoms with E-state index in [1.807, 2.05) is 19.9 Å². The van der Waals surface area contributed by atoms with Gasteiger partial charge in [-0.25, -0.2) is 4.39 Å². The molecule has 0 fully saturated rings. The van der Waals surface area contributed by atoms with E-state index in [1.165, 1.54) is 23.8 Å². The second kappa shape index (κ2) is 4.65. The summed E-state index contributed by atoms with van der Waals surface area (Å²) < 4.78 is 18.0. The van der Waals surface area contributed by atoms with Gasteiger partial charge in [0, 0.05) is 6.07 Å². The van der Waals surface area contributed by atoms with Crippen LogP contribution in [0.5, 0.6) is 5.75 Å². The number of benzene rings is 1. The van der Waals surface area contributed by atoms with Gasteiger partial charge < -0.3 is 10.5 Å². The first-order valence-corrected chi connectivity index (χ1v) is 4.41. The van der Waals surface area contributed by atoms with Gasteiger partial charge in [0.15, 0.2) is 0 Å². The lowest BCUT2D eigenvalue weighted by Crippen LogP contribution is -1.98. The molecule has 3 heteroatoms. The molecule has 0 amide bonds. The summed E-state index contributed by atoms with van der Waals surface area (Å²) in [5, 5.41) is 0. The highest BCUT2D eigenvalue weighted by Crippen LogP contribution is 2.21. The molecule has 1 aromatic carbocycles. The van der Waals surface area contributed by atoms with Crippen molar-refractivity contribution < 1.29 is 9.13 Å². The SMILES string of the molecule is CC(C)=CCOc1ccc(F)cc1N. The molecule has 0 atom stereocenters. The summed E-state index contributed by atoms with van der Waals surface area (Å²) in [6, 6.07) is 4.11.